The standard InChI is InChI=1S/C11H16N4O8S/c12-14-13-3-4-21-5-7-24(19,20)8-6-22-11(18)23-15-9(16)1-2-10(15)17/h1-8H2. The number of amides is 2. The van der Waals surface area contributed by atoms with Crippen LogP contribution in [0.15, 0.2) is 5.11 Å². The van der Waals surface area contributed by atoms with Gasteiger partial charge in [-0.1, -0.05) is 10.2 Å². The molecule has 0 aliphatic carbocycles. The third-order valence-corrected chi connectivity index (χ3v) is 4.30. The van der Waals surface area contributed by atoms with Crippen molar-refractivity contribution in [3.8, 4) is 0 Å². The minimum Gasteiger partial charge on any atom is -0.432 e. The Bertz CT molecular complexity index is 612. The predicted octanol–water partition coefficient (Wildman–Crippen LogP) is -0.0547. The molecule has 1 aliphatic rings. The van der Waals surface area contributed by atoms with Crippen LogP contribution in [-0.4, -0.2) is 69.3 Å². The smallest absolute Gasteiger partial charge is 0.432 e. The van der Waals surface area contributed by atoms with Crippen LogP contribution in [0.5, 0.6) is 0 Å². The molecule has 1 aliphatic heterocycles. The molecule has 0 aromatic carbocycles. The lowest BCUT2D eigenvalue weighted by molar-refractivity contribution is -0.176. The van der Waals surface area contributed by atoms with E-state index in [1.807, 2.05) is 0 Å². The SMILES string of the molecule is [N-]=[N+]=NCCOCCS(=O)(=O)CCOC(=O)ON1C(=O)CCC1=O. The highest BCUT2D eigenvalue weighted by atomic mass is 32.2. The summed E-state index contributed by atoms with van der Waals surface area (Å²) in [6.45, 7) is -0.389. The van der Waals surface area contributed by atoms with Crippen LogP contribution in [0.3, 0.4) is 0 Å². The number of carbonyl (C=O) groups excluding carboxylic acids is 3. The molecule has 0 radical (unpaired) electrons. The zero-order valence-electron chi connectivity index (χ0n) is 12.6. The fourth-order valence-corrected chi connectivity index (χ4v) is 2.46. The van der Waals surface area contributed by atoms with Crippen LogP contribution in [0.25, 0.3) is 10.4 Å². The average Bonchev–Trinajstić information content (AvgIpc) is 2.82. The fraction of sp³-hybridized carbons (Fsp3) is 0.727. The summed E-state index contributed by atoms with van der Waals surface area (Å²) < 4.78 is 32.7. The first kappa shape index (κ1) is 19.7. The van der Waals surface area contributed by atoms with E-state index in [1.54, 1.807) is 0 Å². The number of nitrogens with zero attached hydrogens (tertiary/aromatic N) is 4. The summed E-state index contributed by atoms with van der Waals surface area (Å²) in [5.74, 6) is -2.10. The number of sulfone groups is 1. The number of imide groups is 1. The van der Waals surface area contributed by atoms with Gasteiger partial charge in [-0.25, -0.2) is 13.2 Å². The van der Waals surface area contributed by atoms with Crippen molar-refractivity contribution in [1.82, 2.24) is 5.06 Å². The summed E-state index contributed by atoms with van der Waals surface area (Å²) >= 11 is 0. The van der Waals surface area contributed by atoms with Crippen LogP contribution in [0.2, 0.25) is 0 Å². The highest BCUT2D eigenvalue weighted by molar-refractivity contribution is 7.91. The van der Waals surface area contributed by atoms with E-state index in [9.17, 15) is 22.8 Å². The molecule has 134 valence electrons. The maximum Gasteiger partial charge on any atom is 0.533 e. The zero-order valence-corrected chi connectivity index (χ0v) is 13.4. The van der Waals surface area contributed by atoms with Crippen LogP contribution in [0, 0.1) is 0 Å². The first-order valence-electron chi connectivity index (χ1n) is 6.85. The van der Waals surface area contributed by atoms with Crippen molar-refractivity contribution in [3.05, 3.63) is 10.4 Å². The van der Waals surface area contributed by atoms with E-state index in [4.69, 9.17) is 10.3 Å². The van der Waals surface area contributed by atoms with Crippen LogP contribution in [-0.2, 0) is 33.7 Å². The van der Waals surface area contributed by atoms with Gasteiger partial charge in [0, 0.05) is 24.3 Å². The Morgan fingerprint density at radius 3 is 2.42 bits per heavy atom. The van der Waals surface area contributed by atoms with E-state index in [2.05, 4.69) is 19.6 Å². The monoisotopic (exact) mass is 364 g/mol. The number of hydrogen-bond acceptors (Lipinski definition) is 9. The summed E-state index contributed by atoms with van der Waals surface area (Å²) in [7, 11) is -3.53. The van der Waals surface area contributed by atoms with Gasteiger partial charge >= 0.3 is 6.16 Å². The van der Waals surface area contributed by atoms with Crippen LogP contribution in [0.4, 0.5) is 4.79 Å². The van der Waals surface area contributed by atoms with Gasteiger partial charge < -0.3 is 9.47 Å². The van der Waals surface area contributed by atoms with Gasteiger partial charge in [-0.2, -0.15) is 0 Å². The summed E-state index contributed by atoms with van der Waals surface area (Å²) in [5.41, 5.74) is 8.03. The highest BCUT2D eigenvalue weighted by Crippen LogP contribution is 2.12. The molecule has 1 fully saturated rings. The molecule has 1 heterocycles. The van der Waals surface area contributed by atoms with Gasteiger partial charge in [0.25, 0.3) is 11.8 Å². The largest absolute Gasteiger partial charge is 0.533 e. The van der Waals surface area contributed by atoms with E-state index < -0.39 is 40.2 Å². The summed E-state index contributed by atoms with van der Waals surface area (Å²) in [4.78, 5) is 40.6. The van der Waals surface area contributed by atoms with E-state index >= 15 is 0 Å². The van der Waals surface area contributed by atoms with Crippen molar-refractivity contribution >= 4 is 27.8 Å². The minimum absolute atomic E-state index is 0.0554. The minimum atomic E-state index is -3.53. The molecular formula is C11H16N4O8S. The van der Waals surface area contributed by atoms with Crippen LogP contribution >= 0.6 is 0 Å². The Balaban J connectivity index is 2.20. The van der Waals surface area contributed by atoms with E-state index in [-0.39, 0.29) is 38.4 Å². The summed E-state index contributed by atoms with van der Waals surface area (Å²) in [6, 6.07) is 0. The first-order valence-corrected chi connectivity index (χ1v) is 8.67. The van der Waals surface area contributed by atoms with Crippen molar-refractivity contribution in [2.45, 2.75) is 12.8 Å². The number of ether oxygens (including phenoxy) is 2. The second-order valence-corrected chi connectivity index (χ2v) is 6.79. The molecule has 0 atom stereocenters. The van der Waals surface area contributed by atoms with Crippen LogP contribution < -0.4 is 0 Å². The van der Waals surface area contributed by atoms with Gasteiger partial charge in [-0.05, 0) is 5.53 Å². The normalized spacial score (nSPS) is 14.4. The van der Waals surface area contributed by atoms with Gasteiger partial charge in [-0.3, -0.25) is 14.4 Å². The third kappa shape index (κ3) is 7.26. The molecule has 0 saturated carbocycles. The van der Waals surface area contributed by atoms with Crippen molar-refractivity contribution in [2.24, 2.45) is 5.11 Å². The molecule has 0 aromatic heterocycles. The van der Waals surface area contributed by atoms with E-state index in [0.717, 1.165) is 0 Å². The van der Waals surface area contributed by atoms with E-state index in [0.29, 0.717) is 5.06 Å². The molecule has 12 nitrogen and oxygen atoms in total. The van der Waals surface area contributed by atoms with Gasteiger partial charge in [0.2, 0.25) is 0 Å². The van der Waals surface area contributed by atoms with Gasteiger partial charge in [0.1, 0.15) is 6.61 Å². The number of carbonyl (C=O) groups is 3. The molecule has 0 bridgehead atoms. The van der Waals surface area contributed by atoms with Gasteiger partial charge in [0.15, 0.2) is 9.84 Å². The Hall–Kier alpha value is -2.37. The first-order chi connectivity index (χ1) is 11.4. The lowest BCUT2D eigenvalue weighted by Gasteiger charge is -2.12. The Morgan fingerprint density at radius 1 is 1.17 bits per heavy atom. The Morgan fingerprint density at radius 2 is 1.79 bits per heavy atom. The number of rotatable bonds is 10. The molecule has 0 unspecified atom stereocenters. The van der Waals surface area contributed by atoms with Crippen molar-refractivity contribution in [1.29, 1.82) is 0 Å². The molecule has 1 saturated heterocycles. The lowest BCUT2D eigenvalue weighted by atomic mass is 10.4. The summed E-state index contributed by atoms with van der Waals surface area (Å²) in [6.07, 6.45) is -1.44. The second-order valence-electron chi connectivity index (χ2n) is 4.49. The van der Waals surface area contributed by atoms with Gasteiger partial charge in [0.05, 0.1) is 24.7 Å². The molecule has 0 aromatic rings. The lowest BCUT2D eigenvalue weighted by Crippen LogP contribution is -2.33. The number of hydrogen-bond donors (Lipinski definition) is 0. The quantitative estimate of drug-likeness (QED) is 0.130. The van der Waals surface area contributed by atoms with Crippen molar-refractivity contribution in [3.63, 3.8) is 0 Å². The number of azide groups is 1. The number of hydroxylamine groups is 2. The fourth-order valence-electron chi connectivity index (χ4n) is 1.55. The molecule has 24 heavy (non-hydrogen) atoms. The third-order valence-electron chi connectivity index (χ3n) is 2.72. The second kappa shape index (κ2) is 9.70. The molecule has 0 spiro atoms. The highest BCUT2D eigenvalue weighted by Gasteiger charge is 2.33. The molecule has 13 heteroatoms. The maximum atomic E-state index is 11.6. The van der Waals surface area contributed by atoms with Crippen LogP contribution in [0.1, 0.15) is 12.8 Å². The van der Waals surface area contributed by atoms with Crippen molar-refractivity contribution < 1.29 is 37.1 Å². The molecule has 1 rings (SSSR count). The van der Waals surface area contributed by atoms with Crippen molar-refractivity contribution in [2.75, 3.05) is 37.9 Å². The Kier molecular flexibility index (Phi) is 7.95. The topological polar surface area (TPSA) is 165 Å². The average molecular weight is 364 g/mol. The Labute approximate surface area is 137 Å². The molecular weight excluding hydrogens is 348 g/mol. The zero-order chi connectivity index (χ0) is 18.0. The van der Waals surface area contributed by atoms with E-state index in [1.165, 1.54) is 0 Å². The maximum absolute atomic E-state index is 11.6. The molecule has 0 N–H and O–H groups in total. The van der Waals surface area contributed by atoms with Gasteiger partial charge in [-0.15, -0.1) is 0 Å². The molecule has 2 amide bonds. The predicted molar refractivity (Wildman–Crippen MR) is 77.0 cm³/mol. The summed E-state index contributed by atoms with van der Waals surface area (Å²) in [5, 5.41) is 3.51.